The van der Waals surface area contributed by atoms with Crippen LogP contribution in [0, 0.1) is 0 Å². The predicted octanol–water partition coefficient (Wildman–Crippen LogP) is 2.74. The molecule has 0 amide bonds. The molecule has 1 saturated heterocycles. The van der Waals surface area contributed by atoms with E-state index < -0.39 is 6.10 Å². The number of nitrogens with one attached hydrogen (secondary N) is 2. The van der Waals surface area contributed by atoms with Crippen molar-refractivity contribution < 1.29 is 5.11 Å². The van der Waals surface area contributed by atoms with Crippen LogP contribution in [0.5, 0.6) is 0 Å². The molecule has 8 heteroatoms. The highest BCUT2D eigenvalue weighted by molar-refractivity contribution is 14.0. The Morgan fingerprint density at radius 3 is 2.62 bits per heavy atom. The van der Waals surface area contributed by atoms with E-state index in [9.17, 15) is 5.11 Å². The number of aliphatic hydroxyl groups is 1. The van der Waals surface area contributed by atoms with Gasteiger partial charge in [0.15, 0.2) is 5.96 Å². The standard InChI is InChI=1S/C21H33N5OS.HI/c1-4-22-21(23-14-16(2)26-11-9-25(3)10-12-26)24-15-18(27)20-13-17-7-5-6-8-19(17)28-20;/h5-8,13,16,18,27H,4,9-12,14-15H2,1-3H3,(H2,22,23,24);1H. The second-order valence-electron chi connectivity index (χ2n) is 7.49. The van der Waals surface area contributed by atoms with Crippen molar-refractivity contribution in [3.8, 4) is 0 Å². The number of aliphatic imine (C=N–C) groups is 1. The van der Waals surface area contributed by atoms with Gasteiger partial charge in [-0.15, -0.1) is 35.3 Å². The second-order valence-corrected chi connectivity index (χ2v) is 8.61. The molecule has 0 bridgehead atoms. The first kappa shape index (κ1) is 24.3. The number of halogens is 1. The van der Waals surface area contributed by atoms with Crippen LogP contribution >= 0.6 is 35.3 Å². The minimum absolute atomic E-state index is 0. The van der Waals surface area contributed by atoms with Gasteiger partial charge in [0.25, 0.3) is 0 Å². The average Bonchev–Trinajstić information content (AvgIpc) is 3.14. The van der Waals surface area contributed by atoms with Gasteiger partial charge in [-0.3, -0.25) is 9.89 Å². The van der Waals surface area contributed by atoms with Crippen LogP contribution in [0.1, 0.15) is 24.8 Å². The van der Waals surface area contributed by atoms with Gasteiger partial charge in [0.05, 0.1) is 6.54 Å². The Hall–Kier alpha value is -0.940. The van der Waals surface area contributed by atoms with E-state index in [1.165, 1.54) is 10.1 Å². The van der Waals surface area contributed by atoms with Crippen molar-refractivity contribution in [3.05, 3.63) is 35.2 Å². The first-order valence-electron chi connectivity index (χ1n) is 10.2. The lowest BCUT2D eigenvalue weighted by Gasteiger charge is -2.35. The molecule has 0 radical (unpaired) electrons. The minimum Gasteiger partial charge on any atom is -0.386 e. The van der Waals surface area contributed by atoms with Gasteiger partial charge in [0.1, 0.15) is 6.10 Å². The molecule has 2 aromatic rings. The highest BCUT2D eigenvalue weighted by Crippen LogP contribution is 2.29. The third kappa shape index (κ3) is 7.06. The molecule has 2 heterocycles. The number of thiophene rings is 1. The van der Waals surface area contributed by atoms with Crippen molar-refractivity contribution in [1.29, 1.82) is 0 Å². The van der Waals surface area contributed by atoms with Crippen LogP contribution in [0.25, 0.3) is 10.1 Å². The maximum atomic E-state index is 10.6. The van der Waals surface area contributed by atoms with E-state index in [1.54, 1.807) is 11.3 Å². The quantitative estimate of drug-likeness (QED) is 0.292. The van der Waals surface area contributed by atoms with Gasteiger partial charge in [-0.25, -0.2) is 0 Å². The minimum atomic E-state index is -0.545. The maximum Gasteiger partial charge on any atom is 0.191 e. The van der Waals surface area contributed by atoms with E-state index in [0.29, 0.717) is 12.6 Å². The first-order chi connectivity index (χ1) is 13.6. The Bertz CT molecular complexity index is 742. The van der Waals surface area contributed by atoms with Crippen LogP contribution in [0.3, 0.4) is 0 Å². The Balaban J connectivity index is 0.00000300. The van der Waals surface area contributed by atoms with E-state index in [4.69, 9.17) is 4.99 Å². The molecule has 162 valence electrons. The van der Waals surface area contributed by atoms with Crippen LogP contribution in [-0.2, 0) is 0 Å². The summed E-state index contributed by atoms with van der Waals surface area (Å²) in [7, 11) is 2.18. The molecule has 6 nitrogen and oxygen atoms in total. The van der Waals surface area contributed by atoms with E-state index in [1.807, 2.05) is 12.1 Å². The molecule has 2 atom stereocenters. The summed E-state index contributed by atoms with van der Waals surface area (Å²) in [6, 6.07) is 10.7. The van der Waals surface area contributed by atoms with Gasteiger partial charge < -0.3 is 20.6 Å². The third-order valence-corrected chi connectivity index (χ3v) is 6.47. The molecule has 0 saturated carbocycles. The Kier molecular flexibility index (Phi) is 10.1. The summed E-state index contributed by atoms with van der Waals surface area (Å²) in [4.78, 5) is 10.6. The number of rotatable bonds is 7. The molecule has 1 fully saturated rings. The zero-order valence-corrected chi connectivity index (χ0v) is 20.7. The van der Waals surface area contributed by atoms with Crippen molar-refractivity contribution in [3.63, 3.8) is 0 Å². The number of aliphatic hydroxyl groups excluding tert-OH is 1. The number of likely N-dealkylation sites (N-methyl/N-ethyl adjacent to an activating group) is 1. The van der Waals surface area contributed by atoms with Gasteiger partial charge in [-0.05, 0) is 38.4 Å². The highest BCUT2D eigenvalue weighted by atomic mass is 127. The van der Waals surface area contributed by atoms with E-state index >= 15 is 0 Å². The summed E-state index contributed by atoms with van der Waals surface area (Å²) in [5.41, 5.74) is 0. The van der Waals surface area contributed by atoms with E-state index in [-0.39, 0.29) is 24.0 Å². The molecule has 0 aliphatic carbocycles. The molecule has 1 aromatic heterocycles. The van der Waals surface area contributed by atoms with Crippen LogP contribution in [0.15, 0.2) is 35.3 Å². The molecule has 0 spiro atoms. The molecule has 1 aliphatic heterocycles. The summed E-state index contributed by atoms with van der Waals surface area (Å²) in [5, 5.41) is 18.4. The van der Waals surface area contributed by atoms with Crippen molar-refractivity contribution in [1.82, 2.24) is 20.4 Å². The second kappa shape index (κ2) is 12.0. The number of hydrogen-bond acceptors (Lipinski definition) is 5. The number of guanidine groups is 1. The predicted molar refractivity (Wildman–Crippen MR) is 135 cm³/mol. The van der Waals surface area contributed by atoms with Gasteiger partial charge in [-0.1, -0.05) is 18.2 Å². The Morgan fingerprint density at radius 2 is 1.93 bits per heavy atom. The Morgan fingerprint density at radius 1 is 1.21 bits per heavy atom. The van der Waals surface area contributed by atoms with Crippen LogP contribution < -0.4 is 10.6 Å². The van der Waals surface area contributed by atoms with E-state index in [0.717, 1.165) is 50.1 Å². The highest BCUT2D eigenvalue weighted by Gasteiger charge is 2.19. The number of nitrogens with zero attached hydrogens (tertiary/aromatic N) is 3. The molecular formula is C21H34IN5OS. The number of benzene rings is 1. The topological polar surface area (TPSA) is 63.1 Å². The number of hydrogen-bond donors (Lipinski definition) is 3. The van der Waals surface area contributed by atoms with Gasteiger partial charge in [0.2, 0.25) is 0 Å². The molecule has 1 aromatic carbocycles. The zero-order chi connectivity index (χ0) is 19.9. The lowest BCUT2D eigenvalue weighted by atomic mass is 10.2. The summed E-state index contributed by atoms with van der Waals surface area (Å²) < 4.78 is 1.21. The van der Waals surface area contributed by atoms with Gasteiger partial charge >= 0.3 is 0 Å². The van der Waals surface area contributed by atoms with Crippen LogP contribution in [-0.4, -0.2) is 79.8 Å². The van der Waals surface area contributed by atoms with Gasteiger partial charge in [0, 0.05) is 54.9 Å². The van der Waals surface area contributed by atoms with Crippen LogP contribution in [0.2, 0.25) is 0 Å². The summed E-state index contributed by atoms with van der Waals surface area (Å²) in [5.74, 6) is 0.767. The lowest BCUT2D eigenvalue weighted by molar-refractivity contribution is 0.122. The van der Waals surface area contributed by atoms with Crippen molar-refractivity contribution >= 4 is 51.4 Å². The number of fused-ring (bicyclic) bond motifs is 1. The fourth-order valence-electron chi connectivity index (χ4n) is 3.40. The normalized spacial score (nSPS) is 18.3. The molecule has 1 aliphatic rings. The largest absolute Gasteiger partial charge is 0.386 e. The fourth-order valence-corrected chi connectivity index (χ4v) is 4.45. The Labute approximate surface area is 195 Å². The van der Waals surface area contributed by atoms with Crippen molar-refractivity contribution in [2.45, 2.75) is 26.0 Å². The smallest absolute Gasteiger partial charge is 0.191 e. The summed E-state index contributed by atoms with van der Waals surface area (Å²) >= 11 is 1.65. The molecule has 3 rings (SSSR count). The fraction of sp³-hybridized carbons (Fsp3) is 0.571. The average molecular weight is 532 g/mol. The maximum absolute atomic E-state index is 10.6. The number of piperazine rings is 1. The third-order valence-electron chi connectivity index (χ3n) is 5.25. The monoisotopic (exact) mass is 531 g/mol. The molecular weight excluding hydrogens is 497 g/mol. The first-order valence-corrected chi connectivity index (χ1v) is 11.0. The van der Waals surface area contributed by atoms with Crippen molar-refractivity contribution in [2.75, 3.05) is 52.9 Å². The van der Waals surface area contributed by atoms with Gasteiger partial charge in [-0.2, -0.15) is 0 Å². The molecule has 3 N–H and O–H groups in total. The van der Waals surface area contributed by atoms with Crippen molar-refractivity contribution in [2.24, 2.45) is 4.99 Å². The SMILES string of the molecule is CCNC(=NCC(C)N1CCN(C)CC1)NCC(O)c1cc2ccccc2s1.I. The molecule has 29 heavy (non-hydrogen) atoms. The van der Waals surface area contributed by atoms with E-state index in [2.05, 4.69) is 59.5 Å². The molecule has 2 unspecified atom stereocenters. The lowest BCUT2D eigenvalue weighted by Crippen LogP contribution is -2.49. The summed E-state index contributed by atoms with van der Waals surface area (Å²) in [6.07, 6.45) is -0.545. The zero-order valence-electron chi connectivity index (χ0n) is 17.6. The van der Waals surface area contributed by atoms with Crippen LogP contribution in [0.4, 0.5) is 0 Å². The summed E-state index contributed by atoms with van der Waals surface area (Å²) in [6.45, 7) is 10.7.